The van der Waals surface area contributed by atoms with Crippen molar-refractivity contribution in [2.24, 2.45) is 0 Å². The molecule has 4 heteroatoms. The van der Waals surface area contributed by atoms with Crippen LogP contribution in [0.25, 0.3) is 0 Å². The molecule has 1 N–H and O–H groups in total. The Hall–Kier alpha value is -1.62. The standard InChI is InChI=1S/C20H27NO2Si/c1-20(2,14-22)21-13-16-9-5-7-11-18(16)24(4,15-21)19-12-8-6-10-17(19)23-3/h5-12,22H,13-15H2,1-4H3. The number of hydrogen-bond donors (Lipinski definition) is 1. The van der Waals surface area contributed by atoms with Crippen molar-refractivity contribution in [3.05, 3.63) is 54.1 Å². The summed E-state index contributed by atoms with van der Waals surface area (Å²) in [5.41, 5.74) is 1.15. The zero-order valence-corrected chi connectivity index (χ0v) is 16.0. The largest absolute Gasteiger partial charge is 0.497 e. The van der Waals surface area contributed by atoms with E-state index in [-0.39, 0.29) is 12.1 Å². The molecule has 1 aliphatic heterocycles. The smallest absolute Gasteiger partial charge is 0.133 e. The highest BCUT2D eigenvalue weighted by Crippen LogP contribution is 2.27. The molecule has 2 aromatic carbocycles. The first-order chi connectivity index (χ1) is 11.4. The highest BCUT2D eigenvalue weighted by molar-refractivity contribution is 7.02. The Morgan fingerprint density at radius 1 is 1.08 bits per heavy atom. The Labute approximate surface area is 145 Å². The van der Waals surface area contributed by atoms with Gasteiger partial charge in [-0.05, 0) is 35.9 Å². The number of nitrogens with zero attached hydrogens (tertiary/aromatic N) is 1. The van der Waals surface area contributed by atoms with Gasteiger partial charge in [-0.2, -0.15) is 0 Å². The second kappa shape index (κ2) is 6.35. The summed E-state index contributed by atoms with van der Waals surface area (Å²) in [7, 11) is -0.247. The van der Waals surface area contributed by atoms with Crippen molar-refractivity contribution in [2.75, 3.05) is 19.9 Å². The lowest BCUT2D eigenvalue weighted by atomic mass is 10.0. The van der Waals surface area contributed by atoms with Gasteiger partial charge in [0.2, 0.25) is 0 Å². The Balaban J connectivity index is 2.17. The zero-order chi connectivity index (χ0) is 17.4. The van der Waals surface area contributed by atoms with Crippen molar-refractivity contribution in [3.8, 4) is 5.75 Å². The van der Waals surface area contributed by atoms with E-state index in [0.29, 0.717) is 0 Å². The van der Waals surface area contributed by atoms with Gasteiger partial charge >= 0.3 is 0 Å². The van der Waals surface area contributed by atoms with E-state index < -0.39 is 8.07 Å². The van der Waals surface area contributed by atoms with Crippen molar-refractivity contribution in [1.29, 1.82) is 0 Å². The molecule has 1 heterocycles. The fourth-order valence-electron chi connectivity index (χ4n) is 3.78. The van der Waals surface area contributed by atoms with Crippen LogP contribution in [0.2, 0.25) is 6.55 Å². The quantitative estimate of drug-likeness (QED) is 0.864. The van der Waals surface area contributed by atoms with Crippen LogP contribution in [-0.2, 0) is 6.54 Å². The molecule has 0 aromatic heterocycles. The second-order valence-corrected chi connectivity index (χ2v) is 11.6. The summed E-state index contributed by atoms with van der Waals surface area (Å²) >= 11 is 0. The van der Waals surface area contributed by atoms with Crippen molar-refractivity contribution in [1.82, 2.24) is 4.90 Å². The molecule has 0 amide bonds. The lowest BCUT2D eigenvalue weighted by molar-refractivity contribution is 0.0635. The lowest BCUT2D eigenvalue weighted by Gasteiger charge is -2.47. The first-order valence-electron chi connectivity index (χ1n) is 8.50. The highest BCUT2D eigenvalue weighted by Gasteiger charge is 2.44. The van der Waals surface area contributed by atoms with Crippen molar-refractivity contribution < 1.29 is 9.84 Å². The Bertz CT molecular complexity index is 731. The van der Waals surface area contributed by atoms with Gasteiger partial charge < -0.3 is 9.84 Å². The van der Waals surface area contributed by atoms with Gasteiger partial charge in [0.05, 0.1) is 13.7 Å². The molecule has 0 fully saturated rings. The van der Waals surface area contributed by atoms with E-state index in [1.54, 1.807) is 7.11 Å². The molecule has 3 rings (SSSR count). The monoisotopic (exact) mass is 341 g/mol. The molecular formula is C20H27NO2Si. The van der Waals surface area contributed by atoms with Crippen LogP contribution in [0.5, 0.6) is 5.75 Å². The molecule has 1 atom stereocenters. The van der Waals surface area contributed by atoms with Crippen LogP contribution < -0.4 is 15.1 Å². The average molecular weight is 342 g/mol. The minimum Gasteiger partial charge on any atom is -0.497 e. The van der Waals surface area contributed by atoms with Gasteiger partial charge in [-0.3, -0.25) is 4.90 Å². The van der Waals surface area contributed by atoms with E-state index in [0.717, 1.165) is 18.5 Å². The predicted octanol–water partition coefficient (Wildman–Crippen LogP) is 2.01. The molecule has 0 saturated heterocycles. The van der Waals surface area contributed by atoms with Gasteiger partial charge in [-0.15, -0.1) is 0 Å². The molecule has 0 bridgehead atoms. The number of rotatable bonds is 4. The molecule has 24 heavy (non-hydrogen) atoms. The molecule has 1 aliphatic rings. The first-order valence-corrected chi connectivity index (χ1v) is 11.2. The summed E-state index contributed by atoms with van der Waals surface area (Å²) < 4.78 is 5.69. The van der Waals surface area contributed by atoms with Gasteiger partial charge in [0.25, 0.3) is 0 Å². The number of aliphatic hydroxyl groups is 1. The van der Waals surface area contributed by atoms with Crippen LogP contribution in [0, 0.1) is 0 Å². The normalized spacial score (nSPS) is 21.4. The van der Waals surface area contributed by atoms with Gasteiger partial charge in [0.15, 0.2) is 0 Å². The average Bonchev–Trinajstić information content (AvgIpc) is 2.61. The molecule has 2 aromatic rings. The topological polar surface area (TPSA) is 32.7 Å². The third-order valence-electron chi connectivity index (χ3n) is 5.42. The molecule has 0 aliphatic carbocycles. The van der Waals surface area contributed by atoms with Crippen LogP contribution in [0.15, 0.2) is 48.5 Å². The van der Waals surface area contributed by atoms with E-state index in [9.17, 15) is 5.11 Å². The van der Waals surface area contributed by atoms with Crippen molar-refractivity contribution >= 4 is 18.4 Å². The molecular weight excluding hydrogens is 314 g/mol. The molecule has 128 valence electrons. The number of methoxy groups -OCH3 is 1. The van der Waals surface area contributed by atoms with E-state index in [1.165, 1.54) is 15.9 Å². The molecule has 0 radical (unpaired) electrons. The maximum absolute atomic E-state index is 9.88. The summed E-state index contributed by atoms with van der Waals surface area (Å²) in [4.78, 5) is 2.44. The Kier molecular flexibility index (Phi) is 4.56. The van der Waals surface area contributed by atoms with Crippen LogP contribution in [0.1, 0.15) is 19.4 Å². The van der Waals surface area contributed by atoms with Gasteiger partial charge in [-0.1, -0.05) is 49.0 Å². The van der Waals surface area contributed by atoms with Crippen molar-refractivity contribution in [2.45, 2.75) is 32.5 Å². The fourth-order valence-corrected chi connectivity index (χ4v) is 8.25. The highest BCUT2D eigenvalue weighted by atomic mass is 28.3. The minimum absolute atomic E-state index is 0.158. The summed E-state index contributed by atoms with van der Waals surface area (Å²) in [6.45, 7) is 7.71. The van der Waals surface area contributed by atoms with Crippen LogP contribution in [0.3, 0.4) is 0 Å². The lowest BCUT2D eigenvalue weighted by Crippen LogP contribution is -2.69. The summed E-state index contributed by atoms with van der Waals surface area (Å²) in [6.07, 6.45) is 0.984. The number of para-hydroxylation sites is 1. The first kappa shape index (κ1) is 17.2. The predicted molar refractivity (Wildman–Crippen MR) is 102 cm³/mol. The van der Waals surface area contributed by atoms with E-state index in [4.69, 9.17) is 4.74 Å². The summed E-state index contributed by atoms with van der Waals surface area (Å²) in [6, 6.07) is 17.2. The summed E-state index contributed by atoms with van der Waals surface area (Å²) in [5.74, 6) is 0.977. The number of hydrogen-bond acceptors (Lipinski definition) is 3. The number of benzene rings is 2. The van der Waals surface area contributed by atoms with Crippen LogP contribution >= 0.6 is 0 Å². The fraction of sp³-hybridized carbons (Fsp3) is 0.400. The van der Waals surface area contributed by atoms with E-state index in [1.807, 2.05) is 6.07 Å². The van der Waals surface area contributed by atoms with E-state index >= 15 is 0 Å². The minimum atomic E-state index is -2.00. The maximum Gasteiger partial charge on any atom is 0.133 e. The van der Waals surface area contributed by atoms with Gasteiger partial charge in [0, 0.05) is 18.3 Å². The molecule has 3 nitrogen and oxygen atoms in total. The molecule has 1 unspecified atom stereocenters. The van der Waals surface area contributed by atoms with Gasteiger partial charge in [0.1, 0.15) is 13.8 Å². The Morgan fingerprint density at radius 2 is 1.71 bits per heavy atom. The molecule has 0 saturated carbocycles. The van der Waals surface area contributed by atoms with Crippen molar-refractivity contribution in [3.63, 3.8) is 0 Å². The SMILES string of the molecule is COc1ccccc1[Si]1(C)CN(C(C)(C)CO)Cc2ccccc21. The van der Waals surface area contributed by atoms with Crippen LogP contribution in [0.4, 0.5) is 0 Å². The van der Waals surface area contributed by atoms with E-state index in [2.05, 4.69) is 67.8 Å². The third kappa shape index (κ3) is 2.79. The Morgan fingerprint density at radius 3 is 2.38 bits per heavy atom. The zero-order valence-electron chi connectivity index (χ0n) is 15.0. The maximum atomic E-state index is 9.88. The number of fused-ring (bicyclic) bond motifs is 1. The summed E-state index contributed by atoms with van der Waals surface area (Å²) in [5, 5.41) is 12.7. The van der Waals surface area contributed by atoms with Gasteiger partial charge in [-0.25, -0.2) is 0 Å². The number of aliphatic hydroxyl groups excluding tert-OH is 1. The number of ether oxygens (including phenoxy) is 1. The third-order valence-corrected chi connectivity index (χ3v) is 9.72. The molecule has 0 spiro atoms. The second-order valence-electron chi connectivity index (χ2n) is 7.52. The van der Waals surface area contributed by atoms with Crippen LogP contribution in [-0.4, -0.2) is 43.5 Å².